The Bertz CT molecular complexity index is 1010. The zero-order valence-electron chi connectivity index (χ0n) is 15.7. The van der Waals surface area contributed by atoms with E-state index >= 15 is 0 Å². The first-order valence-electron chi connectivity index (χ1n) is 9.00. The van der Waals surface area contributed by atoms with Crippen LogP contribution in [0.2, 0.25) is 0 Å². The number of hydrogen-bond acceptors (Lipinski definition) is 4. The summed E-state index contributed by atoms with van der Waals surface area (Å²) in [6, 6.07) is 11.4. The fourth-order valence-corrected chi connectivity index (χ4v) is 3.40. The molecular weight excluding hydrogens is 345 g/mol. The molecule has 0 aliphatic carbocycles. The third-order valence-corrected chi connectivity index (χ3v) is 5.31. The Morgan fingerprint density at radius 2 is 2.00 bits per heavy atom. The molecule has 0 unspecified atom stereocenters. The molecule has 5 nitrogen and oxygen atoms in total. The average molecular weight is 367 g/mol. The minimum absolute atomic E-state index is 0.00613. The maximum absolute atomic E-state index is 13.5. The van der Waals surface area contributed by atoms with E-state index in [2.05, 4.69) is 30.8 Å². The van der Waals surface area contributed by atoms with E-state index in [-0.39, 0.29) is 17.3 Å². The summed E-state index contributed by atoms with van der Waals surface area (Å²) in [5.74, 6) is -0.00786. The van der Waals surface area contributed by atoms with Crippen LogP contribution in [-0.2, 0) is 0 Å². The molecule has 0 bridgehead atoms. The smallest absolute Gasteiger partial charge is 0.254 e. The number of aromatic nitrogens is 1. The molecule has 0 spiro atoms. The van der Waals surface area contributed by atoms with E-state index in [1.54, 1.807) is 30.3 Å². The second-order valence-electron chi connectivity index (χ2n) is 7.67. The van der Waals surface area contributed by atoms with Gasteiger partial charge in [0.05, 0.1) is 0 Å². The largest absolute Gasteiger partial charge is 0.436 e. The maximum Gasteiger partial charge on any atom is 0.254 e. The Morgan fingerprint density at radius 1 is 1.19 bits per heavy atom. The first-order chi connectivity index (χ1) is 12.8. The topological polar surface area (TPSA) is 49.6 Å². The molecule has 1 aliphatic rings. The first-order valence-corrected chi connectivity index (χ1v) is 9.00. The third-order valence-electron chi connectivity index (χ3n) is 5.31. The lowest BCUT2D eigenvalue weighted by atomic mass is 9.99. The molecule has 2 heterocycles. The van der Waals surface area contributed by atoms with Crippen molar-refractivity contribution in [2.75, 3.05) is 26.7 Å². The van der Waals surface area contributed by atoms with Crippen LogP contribution in [0.1, 0.15) is 24.2 Å². The van der Waals surface area contributed by atoms with Gasteiger partial charge < -0.3 is 9.32 Å². The quantitative estimate of drug-likeness (QED) is 0.691. The zero-order valence-corrected chi connectivity index (χ0v) is 15.7. The number of carbonyl (C=O) groups is 1. The molecular formula is C21H22FN3O2. The van der Waals surface area contributed by atoms with Crippen molar-refractivity contribution in [3.8, 4) is 11.5 Å². The van der Waals surface area contributed by atoms with E-state index in [4.69, 9.17) is 4.42 Å². The monoisotopic (exact) mass is 367 g/mol. The number of oxazole rings is 1. The van der Waals surface area contributed by atoms with E-state index < -0.39 is 0 Å². The van der Waals surface area contributed by atoms with Crippen molar-refractivity contribution in [1.82, 2.24) is 14.8 Å². The third kappa shape index (κ3) is 3.32. The molecule has 4 rings (SSSR count). The minimum Gasteiger partial charge on any atom is -0.436 e. The highest BCUT2D eigenvalue weighted by Crippen LogP contribution is 2.26. The first kappa shape index (κ1) is 17.7. The second-order valence-corrected chi connectivity index (χ2v) is 7.67. The van der Waals surface area contributed by atoms with Crippen LogP contribution in [0.15, 0.2) is 46.9 Å². The molecule has 0 radical (unpaired) electrons. The lowest BCUT2D eigenvalue weighted by molar-refractivity contribution is 0.0311. The molecule has 1 aromatic heterocycles. The van der Waals surface area contributed by atoms with Crippen molar-refractivity contribution in [1.29, 1.82) is 0 Å². The molecule has 0 N–H and O–H groups in total. The van der Waals surface area contributed by atoms with Gasteiger partial charge in [-0.1, -0.05) is 6.07 Å². The van der Waals surface area contributed by atoms with E-state index in [9.17, 15) is 9.18 Å². The van der Waals surface area contributed by atoms with Crippen molar-refractivity contribution < 1.29 is 13.6 Å². The highest BCUT2D eigenvalue weighted by molar-refractivity contribution is 5.97. The zero-order chi connectivity index (χ0) is 19.2. The van der Waals surface area contributed by atoms with Crippen LogP contribution in [0.4, 0.5) is 4.39 Å². The SMILES string of the molecule is CN1CCN(C(=O)c2ccc3oc(-c4cccc(F)c4)nc3c2)CC1(C)C. The van der Waals surface area contributed by atoms with Crippen LogP contribution < -0.4 is 0 Å². The van der Waals surface area contributed by atoms with Gasteiger partial charge in [0.25, 0.3) is 5.91 Å². The number of likely N-dealkylation sites (N-methyl/N-ethyl adjacent to an activating group) is 1. The Hall–Kier alpha value is -2.73. The highest BCUT2D eigenvalue weighted by Gasteiger charge is 2.33. The number of rotatable bonds is 2. The number of piperazine rings is 1. The minimum atomic E-state index is -0.344. The summed E-state index contributed by atoms with van der Waals surface area (Å²) in [6.45, 7) is 6.49. The molecule has 0 saturated carbocycles. The summed E-state index contributed by atoms with van der Waals surface area (Å²) in [6.07, 6.45) is 0. The van der Waals surface area contributed by atoms with Gasteiger partial charge in [-0.15, -0.1) is 0 Å². The number of hydrogen-bond donors (Lipinski definition) is 0. The number of amides is 1. The highest BCUT2D eigenvalue weighted by atomic mass is 19.1. The van der Waals surface area contributed by atoms with Crippen molar-refractivity contribution >= 4 is 17.0 Å². The molecule has 1 aliphatic heterocycles. The summed E-state index contributed by atoms with van der Waals surface area (Å²) in [5, 5.41) is 0. The van der Waals surface area contributed by atoms with Gasteiger partial charge in [-0.2, -0.15) is 0 Å². The fourth-order valence-electron chi connectivity index (χ4n) is 3.40. The summed E-state index contributed by atoms with van der Waals surface area (Å²) < 4.78 is 19.2. The van der Waals surface area contributed by atoms with E-state index in [1.807, 2.05) is 4.90 Å². The van der Waals surface area contributed by atoms with Crippen LogP contribution in [0, 0.1) is 5.82 Å². The van der Waals surface area contributed by atoms with Crippen LogP contribution >= 0.6 is 0 Å². The molecule has 1 fully saturated rings. The molecule has 1 amide bonds. The second kappa shape index (κ2) is 6.46. The molecule has 1 saturated heterocycles. The van der Waals surface area contributed by atoms with Gasteiger partial charge in [0.15, 0.2) is 5.58 Å². The van der Waals surface area contributed by atoms with Gasteiger partial charge in [-0.25, -0.2) is 9.37 Å². The predicted octanol–water partition coefficient (Wildman–Crippen LogP) is 3.80. The molecule has 3 aromatic rings. The summed E-state index contributed by atoms with van der Waals surface area (Å²) in [5.41, 5.74) is 2.26. The van der Waals surface area contributed by atoms with Crippen molar-refractivity contribution in [3.63, 3.8) is 0 Å². The summed E-state index contributed by atoms with van der Waals surface area (Å²) in [4.78, 5) is 21.5. The molecule has 2 aromatic carbocycles. The van der Waals surface area contributed by atoms with Gasteiger partial charge in [0, 0.05) is 36.3 Å². The maximum atomic E-state index is 13.5. The summed E-state index contributed by atoms with van der Waals surface area (Å²) in [7, 11) is 2.08. The molecule has 140 valence electrons. The van der Waals surface area contributed by atoms with Gasteiger partial charge >= 0.3 is 0 Å². The van der Waals surface area contributed by atoms with Crippen molar-refractivity contribution in [3.05, 3.63) is 53.8 Å². The van der Waals surface area contributed by atoms with Crippen molar-refractivity contribution in [2.45, 2.75) is 19.4 Å². The van der Waals surface area contributed by atoms with E-state index in [0.717, 1.165) is 6.54 Å². The van der Waals surface area contributed by atoms with Gasteiger partial charge in [-0.05, 0) is 57.3 Å². The number of halogens is 1. The van der Waals surface area contributed by atoms with Crippen molar-refractivity contribution in [2.24, 2.45) is 0 Å². The number of carbonyl (C=O) groups excluding carboxylic acids is 1. The lowest BCUT2D eigenvalue weighted by Gasteiger charge is -2.45. The number of benzene rings is 2. The van der Waals surface area contributed by atoms with Crippen LogP contribution in [0.5, 0.6) is 0 Å². The van der Waals surface area contributed by atoms with Crippen LogP contribution in [0.3, 0.4) is 0 Å². The van der Waals surface area contributed by atoms with E-state index in [0.29, 0.717) is 41.2 Å². The standard InChI is InChI=1S/C21H22FN3O2/c1-21(2)13-25(10-9-24(21)3)20(26)15-7-8-18-17(12-15)23-19(27-18)14-5-4-6-16(22)11-14/h4-8,11-12H,9-10,13H2,1-3H3. The Balaban J connectivity index is 1.63. The molecule has 27 heavy (non-hydrogen) atoms. The van der Waals surface area contributed by atoms with E-state index in [1.165, 1.54) is 12.1 Å². The summed E-state index contributed by atoms with van der Waals surface area (Å²) >= 11 is 0. The van der Waals surface area contributed by atoms with Gasteiger partial charge in [0.1, 0.15) is 11.3 Å². The van der Waals surface area contributed by atoms with Gasteiger partial charge in [-0.3, -0.25) is 9.69 Å². The number of fused-ring (bicyclic) bond motifs is 1. The number of nitrogens with zero attached hydrogens (tertiary/aromatic N) is 3. The van der Waals surface area contributed by atoms with Crippen LogP contribution in [-0.4, -0.2) is 52.9 Å². The lowest BCUT2D eigenvalue weighted by Crippen LogP contribution is -2.58. The Labute approximate surface area is 157 Å². The fraction of sp³-hybridized carbons (Fsp3) is 0.333. The Kier molecular flexibility index (Phi) is 4.23. The Morgan fingerprint density at radius 3 is 2.74 bits per heavy atom. The normalized spacial score (nSPS) is 17.4. The van der Waals surface area contributed by atoms with Crippen LogP contribution in [0.25, 0.3) is 22.6 Å². The predicted molar refractivity (Wildman–Crippen MR) is 102 cm³/mol. The van der Waals surface area contributed by atoms with Gasteiger partial charge in [0.2, 0.25) is 5.89 Å². The molecule has 6 heteroatoms. The molecule has 0 atom stereocenters. The average Bonchev–Trinajstić information content (AvgIpc) is 3.06.